The molecule has 2 rings (SSSR count). The zero-order chi connectivity index (χ0) is 13.3. The molecule has 0 fully saturated rings. The first-order chi connectivity index (χ1) is 8.50. The van der Waals surface area contributed by atoms with E-state index in [-0.39, 0.29) is 18.5 Å². The van der Waals surface area contributed by atoms with Crippen molar-refractivity contribution in [1.29, 1.82) is 0 Å². The van der Waals surface area contributed by atoms with Crippen molar-refractivity contribution in [2.75, 3.05) is 0 Å². The molecule has 0 saturated carbocycles. The third-order valence-electron chi connectivity index (χ3n) is 2.94. The van der Waals surface area contributed by atoms with Crippen molar-refractivity contribution in [3.05, 3.63) is 40.1 Å². The van der Waals surface area contributed by atoms with Gasteiger partial charge in [0.05, 0.1) is 4.92 Å². The average molecular weight is 248 g/mol. The Morgan fingerprint density at radius 2 is 2.17 bits per heavy atom. The van der Waals surface area contributed by atoms with Gasteiger partial charge in [-0.15, -0.1) is 0 Å². The molecule has 6 nitrogen and oxygen atoms in total. The molecule has 0 amide bonds. The summed E-state index contributed by atoms with van der Waals surface area (Å²) in [4.78, 5) is 21.1. The molecule has 2 aromatic rings. The van der Waals surface area contributed by atoms with E-state index in [1.165, 1.54) is 6.07 Å². The molecule has 0 unspecified atom stereocenters. The Kier molecular flexibility index (Phi) is 3.01. The van der Waals surface area contributed by atoms with Gasteiger partial charge < -0.3 is 9.67 Å². The van der Waals surface area contributed by atoms with E-state index in [1.807, 2.05) is 11.6 Å². The number of hydrogen-bond donors (Lipinski definition) is 1. The van der Waals surface area contributed by atoms with Crippen LogP contribution in [-0.2, 0) is 18.3 Å². The van der Waals surface area contributed by atoms with Gasteiger partial charge in [-0.3, -0.25) is 14.9 Å². The average Bonchev–Trinajstić information content (AvgIpc) is 2.68. The summed E-state index contributed by atoms with van der Waals surface area (Å²) in [6, 6.07) is 4.89. The molecule has 94 valence electrons. The van der Waals surface area contributed by atoms with Crippen LogP contribution in [0.1, 0.15) is 12.0 Å². The van der Waals surface area contributed by atoms with Gasteiger partial charge >= 0.3 is 5.97 Å². The Hall–Kier alpha value is -2.37. The molecule has 0 atom stereocenters. The summed E-state index contributed by atoms with van der Waals surface area (Å²) in [5.41, 5.74) is 1.33. The van der Waals surface area contributed by atoms with Crippen LogP contribution in [0.4, 0.5) is 5.69 Å². The van der Waals surface area contributed by atoms with Crippen molar-refractivity contribution < 1.29 is 14.8 Å². The second-order valence-corrected chi connectivity index (χ2v) is 4.07. The second kappa shape index (κ2) is 4.48. The van der Waals surface area contributed by atoms with Gasteiger partial charge in [0.1, 0.15) is 0 Å². The molecule has 0 radical (unpaired) electrons. The number of rotatable bonds is 4. The predicted octanol–water partition coefficient (Wildman–Crippen LogP) is 2.10. The normalized spacial score (nSPS) is 10.7. The van der Waals surface area contributed by atoms with Gasteiger partial charge in [-0.05, 0) is 18.6 Å². The van der Waals surface area contributed by atoms with Gasteiger partial charge in [0.2, 0.25) is 0 Å². The minimum absolute atomic E-state index is 0.0186. The fourth-order valence-electron chi connectivity index (χ4n) is 2.07. The number of nitro benzene ring substituents is 1. The van der Waals surface area contributed by atoms with E-state index in [9.17, 15) is 14.9 Å². The summed E-state index contributed by atoms with van der Waals surface area (Å²) in [7, 11) is 1.84. The lowest BCUT2D eigenvalue weighted by atomic mass is 10.0. The van der Waals surface area contributed by atoms with Crippen molar-refractivity contribution in [3.63, 3.8) is 0 Å². The van der Waals surface area contributed by atoms with Crippen LogP contribution >= 0.6 is 0 Å². The Morgan fingerprint density at radius 1 is 1.44 bits per heavy atom. The summed E-state index contributed by atoms with van der Waals surface area (Å²) >= 11 is 0. The summed E-state index contributed by atoms with van der Waals surface area (Å²) in [5, 5.41) is 20.4. The highest BCUT2D eigenvalue weighted by Gasteiger charge is 2.18. The zero-order valence-corrected chi connectivity index (χ0v) is 9.79. The van der Waals surface area contributed by atoms with E-state index in [1.54, 1.807) is 18.3 Å². The first-order valence-corrected chi connectivity index (χ1v) is 5.44. The quantitative estimate of drug-likeness (QED) is 0.663. The van der Waals surface area contributed by atoms with Crippen LogP contribution in [0.25, 0.3) is 10.9 Å². The minimum Gasteiger partial charge on any atom is -0.481 e. The second-order valence-electron chi connectivity index (χ2n) is 4.07. The Balaban J connectivity index is 2.59. The Labute approximate surface area is 103 Å². The molecule has 18 heavy (non-hydrogen) atoms. The first-order valence-electron chi connectivity index (χ1n) is 5.44. The zero-order valence-electron chi connectivity index (χ0n) is 9.79. The molecule has 0 saturated heterocycles. The number of nitro groups is 1. The van der Waals surface area contributed by atoms with Gasteiger partial charge in [-0.2, -0.15) is 0 Å². The topological polar surface area (TPSA) is 85.4 Å². The van der Waals surface area contributed by atoms with Crippen LogP contribution < -0.4 is 0 Å². The van der Waals surface area contributed by atoms with E-state index < -0.39 is 10.9 Å². The van der Waals surface area contributed by atoms with E-state index in [4.69, 9.17) is 5.11 Å². The maximum atomic E-state index is 11.0. The summed E-state index contributed by atoms with van der Waals surface area (Å²) in [6.45, 7) is 0. The number of benzene rings is 1. The fourth-order valence-corrected chi connectivity index (χ4v) is 2.07. The monoisotopic (exact) mass is 248 g/mol. The van der Waals surface area contributed by atoms with E-state index in [2.05, 4.69) is 0 Å². The number of carboxylic acid groups (broad SMARTS) is 1. The van der Waals surface area contributed by atoms with E-state index in [0.717, 1.165) is 10.9 Å². The lowest BCUT2D eigenvalue weighted by molar-refractivity contribution is -0.385. The Bertz CT molecular complexity index is 630. The third kappa shape index (κ3) is 2.04. The van der Waals surface area contributed by atoms with Crippen LogP contribution in [0, 0.1) is 10.1 Å². The highest BCUT2D eigenvalue weighted by Crippen LogP contribution is 2.29. The van der Waals surface area contributed by atoms with Crippen molar-refractivity contribution in [1.82, 2.24) is 4.57 Å². The van der Waals surface area contributed by atoms with Gasteiger partial charge in [-0.1, -0.05) is 0 Å². The first kappa shape index (κ1) is 12.1. The summed E-state index contributed by atoms with van der Waals surface area (Å²) in [5.74, 6) is -0.961. The highest BCUT2D eigenvalue weighted by molar-refractivity contribution is 5.87. The number of carboxylic acids is 1. The molecule has 1 heterocycles. The smallest absolute Gasteiger partial charge is 0.303 e. The molecular formula is C12H12N2O4. The number of nitrogens with zero attached hydrogens (tertiary/aromatic N) is 2. The largest absolute Gasteiger partial charge is 0.481 e. The van der Waals surface area contributed by atoms with Crippen LogP contribution in [-0.4, -0.2) is 20.6 Å². The van der Waals surface area contributed by atoms with Crippen LogP contribution in [0.15, 0.2) is 24.4 Å². The molecule has 0 aliphatic rings. The minimum atomic E-state index is -0.961. The maximum absolute atomic E-state index is 11.0. The van der Waals surface area contributed by atoms with Crippen LogP contribution in [0.5, 0.6) is 0 Å². The lowest BCUT2D eigenvalue weighted by Gasteiger charge is -2.04. The number of fused-ring (bicyclic) bond motifs is 1. The molecule has 0 aliphatic carbocycles. The number of aromatic nitrogens is 1. The van der Waals surface area contributed by atoms with Crippen molar-refractivity contribution >= 4 is 22.6 Å². The molecule has 6 heteroatoms. The standard InChI is InChI=1S/C12H12N2O4/c1-13-7-6-9-8(2-5-12(15)16)11(14(17)18)4-3-10(9)13/h3-4,6-7H,2,5H2,1H3,(H,15,16). The number of aryl methyl sites for hydroxylation is 2. The van der Waals surface area contributed by atoms with Crippen LogP contribution in [0.2, 0.25) is 0 Å². The number of aliphatic carboxylic acids is 1. The predicted molar refractivity (Wildman–Crippen MR) is 65.5 cm³/mol. The molecule has 0 aliphatic heterocycles. The fraction of sp³-hybridized carbons (Fsp3) is 0.250. The van der Waals surface area contributed by atoms with Crippen molar-refractivity contribution in [2.24, 2.45) is 7.05 Å². The Morgan fingerprint density at radius 3 is 2.78 bits per heavy atom. The molecule has 1 aromatic carbocycles. The van der Waals surface area contributed by atoms with Gasteiger partial charge in [0, 0.05) is 42.2 Å². The highest BCUT2D eigenvalue weighted by atomic mass is 16.6. The van der Waals surface area contributed by atoms with E-state index in [0.29, 0.717) is 5.56 Å². The maximum Gasteiger partial charge on any atom is 0.303 e. The number of carbonyl (C=O) groups is 1. The van der Waals surface area contributed by atoms with Crippen LogP contribution in [0.3, 0.4) is 0 Å². The number of hydrogen-bond acceptors (Lipinski definition) is 3. The van der Waals surface area contributed by atoms with Gasteiger partial charge in [-0.25, -0.2) is 0 Å². The van der Waals surface area contributed by atoms with Crippen molar-refractivity contribution in [2.45, 2.75) is 12.8 Å². The molecule has 1 aromatic heterocycles. The molecule has 0 spiro atoms. The lowest BCUT2D eigenvalue weighted by Crippen LogP contribution is -2.01. The summed E-state index contributed by atoms with van der Waals surface area (Å²) < 4.78 is 1.85. The van der Waals surface area contributed by atoms with Gasteiger partial charge in [0.25, 0.3) is 5.69 Å². The summed E-state index contributed by atoms with van der Waals surface area (Å²) in [6.07, 6.45) is 1.85. The van der Waals surface area contributed by atoms with E-state index >= 15 is 0 Å². The van der Waals surface area contributed by atoms with Gasteiger partial charge in [0.15, 0.2) is 0 Å². The SMILES string of the molecule is Cn1ccc2c(CCC(=O)O)c([N+](=O)[O-])ccc21. The van der Waals surface area contributed by atoms with Crippen molar-refractivity contribution in [3.8, 4) is 0 Å². The molecule has 1 N–H and O–H groups in total. The third-order valence-corrected chi connectivity index (χ3v) is 2.94. The molecular weight excluding hydrogens is 236 g/mol. The molecule has 0 bridgehead atoms.